The van der Waals surface area contributed by atoms with E-state index < -0.39 is 0 Å². The third-order valence-electron chi connectivity index (χ3n) is 4.13. The van der Waals surface area contributed by atoms with E-state index in [9.17, 15) is 14.7 Å². The molecule has 2 atom stereocenters. The van der Waals surface area contributed by atoms with Crippen molar-refractivity contribution in [3.05, 3.63) is 22.7 Å². The molecule has 128 valence electrons. The number of nitrogens with zero attached hydrogens (tertiary/aromatic N) is 3. The van der Waals surface area contributed by atoms with Crippen molar-refractivity contribution in [3.8, 4) is 0 Å². The number of rotatable bonds is 7. The van der Waals surface area contributed by atoms with Crippen LogP contribution < -0.4 is 15.8 Å². The Hall–Kier alpha value is -1.93. The third kappa shape index (κ3) is 4.29. The maximum Gasteiger partial charge on any atom is 0.293 e. The second kappa shape index (κ2) is 8.07. The summed E-state index contributed by atoms with van der Waals surface area (Å²) < 4.78 is 1.31. The molecular formula is C15H24N4O4. The van der Waals surface area contributed by atoms with Gasteiger partial charge in [0.05, 0.1) is 12.6 Å². The first-order chi connectivity index (χ1) is 11.1. The summed E-state index contributed by atoms with van der Waals surface area (Å²) >= 11 is 0. The Bertz CT molecular complexity index is 585. The van der Waals surface area contributed by atoms with Gasteiger partial charge in [-0.15, -0.1) is 0 Å². The zero-order chi connectivity index (χ0) is 16.8. The second-order valence-corrected chi connectivity index (χ2v) is 5.82. The molecule has 0 aromatic carbocycles. The number of amides is 1. The highest BCUT2D eigenvalue weighted by molar-refractivity contribution is 5.76. The summed E-state index contributed by atoms with van der Waals surface area (Å²) in [6.07, 6.45) is 4.42. The van der Waals surface area contributed by atoms with Gasteiger partial charge in [0.1, 0.15) is 6.54 Å². The first-order valence-electron chi connectivity index (χ1n) is 7.90. The molecule has 8 heteroatoms. The molecule has 23 heavy (non-hydrogen) atoms. The number of aliphatic hydroxyl groups excluding tert-OH is 2. The fraction of sp³-hybridized carbons (Fsp3) is 0.667. The van der Waals surface area contributed by atoms with Gasteiger partial charge in [-0.3, -0.25) is 9.59 Å². The molecule has 1 amide bonds. The fourth-order valence-corrected chi connectivity index (χ4v) is 2.66. The lowest BCUT2D eigenvalue weighted by Gasteiger charge is -2.18. The monoisotopic (exact) mass is 324 g/mol. The Morgan fingerprint density at radius 3 is 2.91 bits per heavy atom. The third-order valence-corrected chi connectivity index (χ3v) is 4.13. The van der Waals surface area contributed by atoms with Gasteiger partial charge >= 0.3 is 0 Å². The van der Waals surface area contributed by atoms with Crippen LogP contribution in [0.3, 0.4) is 0 Å². The van der Waals surface area contributed by atoms with Gasteiger partial charge in [0.15, 0.2) is 5.82 Å². The van der Waals surface area contributed by atoms with Crippen LogP contribution in [0.25, 0.3) is 0 Å². The number of aromatic nitrogens is 2. The first kappa shape index (κ1) is 17.4. The van der Waals surface area contributed by atoms with E-state index in [1.54, 1.807) is 0 Å². The molecule has 1 aromatic heterocycles. The highest BCUT2D eigenvalue weighted by atomic mass is 16.3. The van der Waals surface area contributed by atoms with Crippen LogP contribution in [0.5, 0.6) is 0 Å². The summed E-state index contributed by atoms with van der Waals surface area (Å²) in [6, 6.07) is -0.302. The zero-order valence-electron chi connectivity index (χ0n) is 13.3. The van der Waals surface area contributed by atoms with Crippen molar-refractivity contribution in [1.82, 2.24) is 14.9 Å². The van der Waals surface area contributed by atoms with E-state index in [2.05, 4.69) is 10.3 Å². The van der Waals surface area contributed by atoms with Gasteiger partial charge in [0.2, 0.25) is 5.91 Å². The van der Waals surface area contributed by atoms with Crippen molar-refractivity contribution in [2.24, 2.45) is 5.92 Å². The van der Waals surface area contributed by atoms with Gasteiger partial charge in [-0.2, -0.15) is 0 Å². The fourth-order valence-electron chi connectivity index (χ4n) is 2.66. The number of aliphatic hydroxyl groups is 2. The molecule has 0 aliphatic carbocycles. The second-order valence-electron chi connectivity index (χ2n) is 5.82. The maximum absolute atomic E-state index is 12.5. The van der Waals surface area contributed by atoms with E-state index in [0.29, 0.717) is 25.3 Å². The van der Waals surface area contributed by atoms with Crippen LogP contribution in [0.15, 0.2) is 17.2 Å². The molecule has 1 aliphatic rings. The molecule has 0 spiro atoms. The van der Waals surface area contributed by atoms with Gasteiger partial charge in [-0.05, 0) is 12.8 Å². The lowest BCUT2D eigenvalue weighted by Crippen LogP contribution is -2.41. The number of nitrogens with one attached hydrogen (secondary N) is 1. The quantitative estimate of drug-likeness (QED) is 0.591. The van der Waals surface area contributed by atoms with Crippen molar-refractivity contribution in [1.29, 1.82) is 0 Å². The first-order valence-corrected chi connectivity index (χ1v) is 7.90. The molecule has 1 saturated heterocycles. The molecule has 0 bridgehead atoms. The lowest BCUT2D eigenvalue weighted by atomic mass is 10.1. The minimum atomic E-state index is -0.321. The van der Waals surface area contributed by atoms with E-state index >= 15 is 0 Å². The summed E-state index contributed by atoms with van der Waals surface area (Å²) in [5.41, 5.74) is -0.321. The van der Waals surface area contributed by atoms with Crippen molar-refractivity contribution in [2.45, 2.75) is 32.4 Å². The highest BCUT2D eigenvalue weighted by Crippen LogP contribution is 2.18. The van der Waals surface area contributed by atoms with Crippen molar-refractivity contribution < 1.29 is 15.0 Å². The van der Waals surface area contributed by atoms with Gasteiger partial charge in [0.25, 0.3) is 5.56 Å². The molecule has 1 aliphatic heterocycles. The van der Waals surface area contributed by atoms with Crippen molar-refractivity contribution >= 4 is 11.7 Å². The Labute approximate surface area is 134 Å². The van der Waals surface area contributed by atoms with Crippen LogP contribution in [0.2, 0.25) is 0 Å². The van der Waals surface area contributed by atoms with E-state index in [1.165, 1.54) is 17.0 Å². The Morgan fingerprint density at radius 2 is 2.30 bits per heavy atom. The number of carbonyl (C=O) groups is 1. The van der Waals surface area contributed by atoms with Crippen LogP contribution in [-0.2, 0) is 11.3 Å². The predicted octanol–water partition coefficient (Wildman–Crippen LogP) is -1.05. The lowest BCUT2D eigenvalue weighted by molar-refractivity contribution is -0.122. The molecule has 0 radical (unpaired) electrons. The molecule has 1 fully saturated rings. The summed E-state index contributed by atoms with van der Waals surface area (Å²) in [5.74, 6) is 0.147. The Morgan fingerprint density at radius 1 is 1.52 bits per heavy atom. The van der Waals surface area contributed by atoms with Crippen LogP contribution in [0, 0.1) is 5.92 Å². The smallest absolute Gasteiger partial charge is 0.293 e. The van der Waals surface area contributed by atoms with Gasteiger partial charge < -0.3 is 25.0 Å². The largest absolute Gasteiger partial charge is 0.396 e. The molecule has 0 saturated carbocycles. The molecule has 1 aromatic rings. The van der Waals surface area contributed by atoms with E-state index in [-0.39, 0.29) is 43.2 Å². The Balaban J connectivity index is 2.08. The number of carbonyl (C=O) groups excluding carboxylic acids is 1. The van der Waals surface area contributed by atoms with E-state index in [0.717, 1.165) is 6.42 Å². The maximum atomic E-state index is 12.5. The highest BCUT2D eigenvalue weighted by Gasteiger charge is 2.25. The van der Waals surface area contributed by atoms with Crippen molar-refractivity contribution in [2.75, 3.05) is 31.2 Å². The molecule has 2 rings (SSSR count). The van der Waals surface area contributed by atoms with Crippen LogP contribution >= 0.6 is 0 Å². The van der Waals surface area contributed by atoms with Crippen LogP contribution in [0.4, 0.5) is 5.82 Å². The molecular weight excluding hydrogens is 300 g/mol. The molecule has 0 unspecified atom stereocenters. The number of hydrogen-bond acceptors (Lipinski definition) is 6. The van der Waals surface area contributed by atoms with Gasteiger partial charge in [0, 0.05) is 38.0 Å². The average Bonchev–Trinajstić information content (AvgIpc) is 3.03. The van der Waals surface area contributed by atoms with Crippen molar-refractivity contribution in [3.63, 3.8) is 0 Å². The summed E-state index contributed by atoms with van der Waals surface area (Å²) in [7, 11) is 0. The Kier molecular flexibility index (Phi) is 6.12. The minimum absolute atomic E-state index is 0.0967. The summed E-state index contributed by atoms with van der Waals surface area (Å²) in [4.78, 5) is 30.4. The average molecular weight is 324 g/mol. The van der Waals surface area contributed by atoms with Gasteiger partial charge in [-0.1, -0.05) is 6.92 Å². The number of hydrogen-bond donors (Lipinski definition) is 3. The van der Waals surface area contributed by atoms with Gasteiger partial charge in [-0.25, -0.2) is 4.98 Å². The normalized spacial score (nSPS) is 18.9. The van der Waals surface area contributed by atoms with E-state index in [4.69, 9.17) is 5.11 Å². The SMILES string of the molecule is CC[C@H](CO)NC(=O)Cn1ccnc(N2CC[C@H](CO)C2)c1=O. The van der Waals surface area contributed by atoms with Crippen LogP contribution in [0.1, 0.15) is 19.8 Å². The summed E-state index contributed by atoms with van der Waals surface area (Å²) in [6.45, 7) is 2.99. The van der Waals surface area contributed by atoms with Crippen LogP contribution in [-0.4, -0.2) is 58.0 Å². The topological polar surface area (TPSA) is 108 Å². The number of anilines is 1. The summed E-state index contributed by atoms with van der Waals surface area (Å²) in [5, 5.41) is 21.0. The molecule has 2 heterocycles. The minimum Gasteiger partial charge on any atom is -0.396 e. The zero-order valence-corrected chi connectivity index (χ0v) is 13.3. The standard InChI is InChI=1S/C15H24N4O4/c1-2-12(10-21)17-13(22)8-19-6-4-16-14(15(19)23)18-5-3-11(7-18)9-20/h4,6,11-12,20-21H,2-3,5,7-10H2,1H3,(H,17,22)/t11-,12+/m0/s1. The molecule has 8 nitrogen and oxygen atoms in total. The predicted molar refractivity (Wildman–Crippen MR) is 85.2 cm³/mol. The van der Waals surface area contributed by atoms with E-state index in [1.807, 2.05) is 11.8 Å². The molecule has 3 N–H and O–H groups in total.